The molecule has 3 aliphatic rings. The summed E-state index contributed by atoms with van der Waals surface area (Å²) >= 11 is 6.39. The van der Waals surface area contributed by atoms with Crippen molar-refractivity contribution in [1.29, 1.82) is 0 Å². The summed E-state index contributed by atoms with van der Waals surface area (Å²) in [5.41, 5.74) is 5.31. The average molecular weight is 562 g/mol. The number of benzene rings is 1. The first-order valence-corrected chi connectivity index (χ1v) is 14.5. The Hall–Kier alpha value is -3.27. The van der Waals surface area contributed by atoms with Gasteiger partial charge in [-0.15, -0.1) is 0 Å². The first-order chi connectivity index (χ1) is 19.3. The molecular formula is C30H36ClN7O2. The van der Waals surface area contributed by atoms with E-state index >= 15 is 0 Å². The number of carbonyl (C=O) groups is 1. The fraction of sp³-hybridized carbons (Fsp3) is 0.467. The second-order valence-electron chi connectivity index (χ2n) is 11.3. The zero-order valence-electron chi connectivity index (χ0n) is 23.4. The van der Waals surface area contributed by atoms with Crippen LogP contribution in [0.5, 0.6) is 5.88 Å². The van der Waals surface area contributed by atoms with Crippen molar-refractivity contribution in [2.75, 3.05) is 51.3 Å². The molecule has 6 rings (SSSR count). The third-order valence-electron chi connectivity index (χ3n) is 8.11. The number of hydrogen-bond acceptors (Lipinski definition) is 7. The minimum Gasteiger partial charge on any atom is -0.477 e. The molecular weight excluding hydrogens is 526 g/mol. The number of aromatic nitrogens is 3. The number of piperazine rings is 1. The maximum atomic E-state index is 13.6. The minimum absolute atomic E-state index is 0.230. The lowest BCUT2D eigenvalue weighted by Crippen LogP contribution is -2.43. The van der Waals surface area contributed by atoms with Gasteiger partial charge in [-0.3, -0.25) is 9.69 Å². The van der Waals surface area contributed by atoms with E-state index in [1.165, 1.54) is 11.1 Å². The smallest absolute Gasteiger partial charge is 0.278 e. The van der Waals surface area contributed by atoms with Crippen LogP contribution < -0.4 is 9.64 Å². The molecule has 10 heteroatoms. The van der Waals surface area contributed by atoms with Gasteiger partial charge in [0.1, 0.15) is 11.0 Å². The lowest BCUT2D eigenvalue weighted by atomic mass is 10.0. The zero-order valence-corrected chi connectivity index (χ0v) is 24.2. The third-order valence-corrected chi connectivity index (χ3v) is 8.30. The van der Waals surface area contributed by atoms with Gasteiger partial charge in [0, 0.05) is 64.0 Å². The van der Waals surface area contributed by atoms with Crippen molar-refractivity contribution >= 4 is 29.0 Å². The van der Waals surface area contributed by atoms with Gasteiger partial charge >= 0.3 is 0 Å². The van der Waals surface area contributed by atoms with Crippen LogP contribution >= 0.6 is 11.6 Å². The Morgan fingerprint density at radius 2 is 1.93 bits per heavy atom. The van der Waals surface area contributed by atoms with Crippen LogP contribution in [0, 0.1) is 5.92 Å². The molecule has 9 nitrogen and oxygen atoms in total. The maximum Gasteiger partial charge on any atom is 0.278 e. The molecule has 1 saturated heterocycles. The zero-order chi connectivity index (χ0) is 27.8. The molecule has 5 heterocycles. The number of anilines is 1. The van der Waals surface area contributed by atoms with Crippen LogP contribution in [0.4, 0.5) is 5.69 Å². The molecule has 1 aromatic carbocycles. The average Bonchev–Trinajstić information content (AvgIpc) is 3.46. The summed E-state index contributed by atoms with van der Waals surface area (Å²) in [6, 6.07) is 10.0. The van der Waals surface area contributed by atoms with Crippen LogP contribution in [0.1, 0.15) is 41.3 Å². The fourth-order valence-corrected chi connectivity index (χ4v) is 6.01. The lowest BCUT2D eigenvalue weighted by Gasteiger charge is -2.32. The Kier molecular flexibility index (Phi) is 7.61. The number of nitrogens with zero attached hydrogens (tertiary/aromatic N) is 7. The van der Waals surface area contributed by atoms with Crippen LogP contribution in [-0.4, -0.2) is 82.7 Å². The molecule has 0 aliphatic carbocycles. The Labute approximate surface area is 240 Å². The van der Waals surface area contributed by atoms with Gasteiger partial charge in [0.15, 0.2) is 0 Å². The normalized spacial score (nSPS) is 20.6. The molecule has 0 unspecified atom stereocenters. The number of amides is 1. The fourth-order valence-electron chi connectivity index (χ4n) is 5.80. The quantitative estimate of drug-likeness (QED) is 0.432. The second kappa shape index (κ2) is 11.3. The SMILES string of the molecule is C[C@@H]1CCCOc2c(cnn2C)-c2cc(cc(Cl)n2)C(=O)N=C2Cc3ccc(CN4CCN(C)CC4)cc3N2C1. The number of amidine groups is 1. The number of aryl methyl sites for hydroxylation is 1. The highest BCUT2D eigenvalue weighted by Crippen LogP contribution is 2.34. The van der Waals surface area contributed by atoms with E-state index in [-0.39, 0.29) is 11.1 Å². The summed E-state index contributed by atoms with van der Waals surface area (Å²) in [4.78, 5) is 29.9. The predicted octanol–water partition coefficient (Wildman–Crippen LogP) is 4.29. The number of fused-ring (bicyclic) bond motifs is 7. The summed E-state index contributed by atoms with van der Waals surface area (Å²) in [5, 5.41) is 4.59. The Morgan fingerprint density at radius 1 is 1.10 bits per heavy atom. The molecule has 0 radical (unpaired) electrons. The van der Waals surface area contributed by atoms with E-state index in [9.17, 15) is 4.79 Å². The Morgan fingerprint density at radius 3 is 2.75 bits per heavy atom. The van der Waals surface area contributed by atoms with Crippen molar-refractivity contribution in [1.82, 2.24) is 24.6 Å². The van der Waals surface area contributed by atoms with E-state index in [2.05, 4.69) is 61.9 Å². The van der Waals surface area contributed by atoms with Gasteiger partial charge in [-0.2, -0.15) is 10.1 Å². The molecule has 1 amide bonds. The van der Waals surface area contributed by atoms with Gasteiger partial charge in [0.2, 0.25) is 5.88 Å². The van der Waals surface area contributed by atoms with Gasteiger partial charge < -0.3 is 14.5 Å². The first-order valence-electron chi connectivity index (χ1n) is 14.1. The molecule has 2 aromatic heterocycles. The highest BCUT2D eigenvalue weighted by atomic mass is 35.5. The van der Waals surface area contributed by atoms with E-state index in [0.29, 0.717) is 41.6 Å². The molecule has 3 aromatic rings. The number of carbonyl (C=O) groups excluding carboxylic acids is 1. The molecule has 0 saturated carbocycles. The van der Waals surface area contributed by atoms with E-state index in [0.717, 1.165) is 63.6 Å². The van der Waals surface area contributed by atoms with E-state index in [4.69, 9.17) is 16.3 Å². The van der Waals surface area contributed by atoms with Gasteiger partial charge in [-0.05, 0) is 55.1 Å². The molecule has 0 N–H and O–H groups in total. The number of pyridine rings is 1. The summed E-state index contributed by atoms with van der Waals surface area (Å²) in [6.07, 6.45) is 4.21. The monoisotopic (exact) mass is 561 g/mol. The van der Waals surface area contributed by atoms with E-state index in [1.54, 1.807) is 23.0 Å². The molecule has 210 valence electrons. The number of ether oxygens (including phenoxy) is 1. The van der Waals surface area contributed by atoms with Crippen molar-refractivity contribution in [3.05, 3.63) is 58.4 Å². The van der Waals surface area contributed by atoms with Crippen LogP contribution in [0.25, 0.3) is 11.3 Å². The van der Waals surface area contributed by atoms with Crippen LogP contribution in [0.15, 0.2) is 41.5 Å². The van der Waals surface area contributed by atoms with E-state index < -0.39 is 0 Å². The van der Waals surface area contributed by atoms with Gasteiger partial charge in [-0.25, -0.2) is 9.67 Å². The van der Waals surface area contributed by atoms with Crippen LogP contribution in [0.3, 0.4) is 0 Å². The van der Waals surface area contributed by atoms with E-state index in [1.807, 2.05) is 7.05 Å². The van der Waals surface area contributed by atoms with Crippen LogP contribution in [0.2, 0.25) is 5.15 Å². The maximum absolute atomic E-state index is 13.6. The molecule has 1 atom stereocenters. The van der Waals surface area contributed by atoms with Crippen molar-refractivity contribution in [3.63, 3.8) is 0 Å². The number of halogens is 1. The number of hydrogen-bond donors (Lipinski definition) is 0. The molecule has 2 bridgehead atoms. The summed E-state index contributed by atoms with van der Waals surface area (Å²) in [6.45, 7) is 8.89. The lowest BCUT2D eigenvalue weighted by molar-refractivity contribution is 0.100. The Balaban J connectivity index is 1.34. The second-order valence-corrected chi connectivity index (χ2v) is 11.7. The minimum atomic E-state index is -0.329. The largest absolute Gasteiger partial charge is 0.477 e. The third kappa shape index (κ3) is 5.64. The summed E-state index contributed by atoms with van der Waals surface area (Å²) in [5.74, 6) is 1.45. The molecule has 40 heavy (non-hydrogen) atoms. The van der Waals surface area contributed by atoms with Gasteiger partial charge in [0.25, 0.3) is 5.91 Å². The first kappa shape index (κ1) is 26.9. The number of aliphatic imine (C=N–C) groups is 1. The van der Waals surface area contributed by atoms with Crippen LogP contribution in [-0.2, 0) is 20.0 Å². The Bertz CT molecular complexity index is 1440. The highest BCUT2D eigenvalue weighted by molar-refractivity contribution is 6.30. The topological polar surface area (TPSA) is 79.1 Å². The van der Waals surface area contributed by atoms with Crippen molar-refractivity contribution in [2.45, 2.75) is 32.7 Å². The van der Waals surface area contributed by atoms with Crippen molar-refractivity contribution < 1.29 is 9.53 Å². The molecule has 3 aliphatic heterocycles. The summed E-state index contributed by atoms with van der Waals surface area (Å²) < 4.78 is 7.86. The predicted molar refractivity (Wildman–Crippen MR) is 157 cm³/mol. The standard InChI is InChI=1S/C30H36ClN7O2/c1-20-5-4-12-40-30-24(17-32-36(30)3)25-14-23(15-27(31)33-25)29(39)34-28-16-22-7-6-21(13-26(22)38(28)18-20)19-37-10-8-35(2)9-11-37/h6-7,13-15,17,20H,4-5,8-12,16,18-19H2,1-3H3/t20-/m1/s1. The molecule has 1 fully saturated rings. The van der Waals surface area contributed by atoms with Crippen molar-refractivity contribution in [3.8, 4) is 17.1 Å². The highest BCUT2D eigenvalue weighted by Gasteiger charge is 2.29. The van der Waals surface area contributed by atoms with Gasteiger partial charge in [-0.1, -0.05) is 30.7 Å². The van der Waals surface area contributed by atoms with Gasteiger partial charge in [0.05, 0.1) is 24.1 Å². The van der Waals surface area contributed by atoms with Crippen molar-refractivity contribution in [2.24, 2.45) is 18.0 Å². The number of rotatable bonds is 2. The number of likely N-dealkylation sites (N-methyl/N-ethyl adjacent to an activating group) is 1. The summed E-state index contributed by atoms with van der Waals surface area (Å²) in [7, 11) is 4.02. The molecule has 0 spiro atoms.